The second-order valence-electron chi connectivity index (χ2n) is 5.03. The fourth-order valence-electron chi connectivity index (χ4n) is 2.17. The van der Waals surface area contributed by atoms with E-state index >= 15 is 0 Å². The average molecular weight is 306 g/mol. The molecule has 112 valence electrons. The topological polar surface area (TPSA) is 75.4 Å². The summed E-state index contributed by atoms with van der Waals surface area (Å²) in [6.07, 6.45) is 0.805. The minimum atomic E-state index is -0.411. The molecule has 2 N–H and O–H groups in total. The van der Waals surface area contributed by atoms with Gasteiger partial charge in [-0.15, -0.1) is 11.3 Å². The first-order valence-corrected chi connectivity index (χ1v) is 7.51. The van der Waals surface area contributed by atoms with E-state index in [1.165, 1.54) is 15.8 Å². The van der Waals surface area contributed by atoms with Crippen molar-refractivity contribution < 1.29 is 10.0 Å². The molecule has 0 saturated heterocycles. The van der Waals surface area contributed by atoms with Gasteiger partial charge in [-0.05, 0) is 43.7 Å². The standard InChI is InChI=1S/C15H18N2O3S/c1-10(7-13-5-3-11(2)21-13)16-14-8-12(9-18)4-6-15(14)17(19)20/h3-6,8,10,16,18H,7,9H2,1-2H3. The van der Waals surface area contributed by atoms with Gasteiger partial charge in [-0.1, -0.05) is 0 Å². The molecule has 1 aromatic heterocycles. The van der Waals surface area contributed by atoms with Crippen LogP contribution in [0, 0.1) is 17.0 Å². The van der Waals surface area contributed by atoms with Crippen molar-refractivity contribution in [1.82, 2.24) is 0 Å². The minimum Gasteiger partial charge on any atom is -0.392 e. The van der Waals surface area contributed by atoms with E-state index in [2.05, 4.69) is 24.4 Å². The monoisotopic (exact) mass is 306 g/mol. The quantitative estimate of drug-likeness (QED) is 0.632. The second kappa shape index (κ2) is 6.69. The van der Waals surface area contributed by atoms with E-state index in [1.807, 2.05) is 6.92 Å². The van der Waals surface area contributed by atoms with Gasteiger partial charge in [0, 0.05) is 28.3 Å². The number of anilines is 1. The maximum atomic E-state index is 11.1. The number of nitrogens with one attached hydrogen (secondary N) is 1. The van der Waals surface area contributed by atoms with Crippen LogP contribution >= 0.6 is 11.3 Å². The number of hydrogen-bond acceptors (Lipinski definition) is 5. The summed E-state index contributed by atoms with van der Waals surface area (Å²) in [5.41, 5.74) is 1.14. The summed E-state index contributed by atoms with van der Waals surface area (Å²) in [6, 6.07) is 8.84. The number of benzene rings is 1. The molecule has 21 heavy (non-hydrogen) atoms. The largest absolute Gasteiger partial charge is 0.392 e. The van der Waals surface area contributed by atoms with Gasteiger partial charge in [-0.2, -0.15) is 0 Å². The Labute approximate surface area is 127 Å². The first kappa shape index (κ1) is 15.5. The number of hydrogen-bond donors (Lipinski definition) is 2. The molecule has 6 heteroatoms. The van der Waals surface area contributed by atoms with Crippen molar-refractivity contribution in [3.63, 3.8) is 0 Å². The Morgan fingerprint density at radius 1 is 1.38 bits per heavy atom. The molecule has 0 radical (unpaired) electrons. The lowest BCUT2D eigenvalue weighted by atomic mass is 10.1. The lowest BCUT2D eigenvalue weighted by Crippen LogP contribution is -2.18. The molecule has 1 aromatic carbocycles. The smallest absolute Gasteiger partial charge is 0.292 e. The zero-order valence-electron chi connectivity index (χ0n) is 12.0. The molecule has 1 heterocycles. The number of aliphatic hydroxyl groups is 1. The number of thiophene rings is 1. The van der Waals surface area contributed by atoms with Crippen molar-refractivity contribution in [3.8, 4) is 0 Å². The van der Waals surface area contributed by atoms with Crippen LogP contribution in [0.3, 0.4) is 0 Å². The number of aliphatic hydroxyl groups excluding tert-OH is 1. The maximum Gasteiger partial charge on any atom is 0.292 e. The van der Waals surface area contributed by atoms with E-state index in [0.29, 0.717) is 11.3 Å². The molecule has 5 nitrogen and oxygen atoms in total. The SMILES string of the molecule is Cc1ccc(CC(C)Nc2cc(CO)ccc2[N+](=O)[O-])s1. The van der Waals surface area contributed by atoms with Gasteiger partial charge >= 0.3 is 0 Å². The van der Waals surface area contributed by atoms with Gasteiger partial charge < -0.3 is 10.4 Å². The molecule has 0 aliphatic heterocycles. The summed E-state index contributed by atoms with van der Waals surface area (Å²) < 4.78 is 0. The maximum absolute atomic E-state index is 11.1. The molecule has 0 bridgehead atoms. The Bertz CT molecular complexity index is 640. The van der Waals surface area contributed by atoms with Crippen LogP contribution < -0.4 is 5.32 Å². The van der Waals surface area contributed by atoms with Crippen molar-refractivity contribution in [2.45, 2.75) is 32.9 Å². The van der Waals surface area contributed by atoms with Crippen LogP contribution in [0.15, 0.2) is 30.3 Å². The molecule has 2 aromatic rings. The molecule has 0 saturated carbocycles. The van der Waals surface area contributed by atoms with E-state index in [-0.39, 0.29) is 18.3 Å². The second-order valence-corrected chi connectivity index (χ2v) is 6.40. The highest BCUT2D eigenvalue weighted by Gasteiger charge is 2.16. The van der Waals surface area contributed by atoms with E-state index < -0.39 is 4.92 Å². The van der Waals surface area contributed by atoms with Crippen molar-refractivity contribution >= 4 is 22.7 Å². The third-order valence-electron chi connectivity index (χ3n) is 3.15. The van der Waals surface area contributed by atoms with Crippen molar-refractivity contribution in [2.75, 3.05) is 5.32 Å². The molecule has 0 amide bonds. The molecule has 2 rings (SSSR count). The van der Waals surface area contributed by atoms with Crippen LogP contribution in [0.5, 0.6) is 0 Å². The fraction of sp³-hybridized carbons (Fsp3) is 0.333. The zero-order chi connectivity index (χ0) is 15.4. The van der Waals surface area contributed by atoms with Crippen molar-refractivity contribution in [2.24, 2.45) is 0 Å². The van der Waals surface area contributed by atoms with Crippen LogP contribution in [0.1, 0.15) is 22.2 Å². The summed E-state index contributed by atoms with van der Waals surface area (Å²) in [4.78, 5) is 13.2. The molecule has 1 unspecified atom stereocenters. The van der Waals surface area contributed by atoms with Crippen molar-refractivity contribution in [1.29, 1.82) is 0 Å². The highest BCUT2D eigenvalue weighted by Crippen LogP contribution is 2.27. The first-order chi connectivity index (χ1) is 9.99. The fourth-order valence-corrected chi connectivity index (χ4v) is 3.19. The average Bonchev–Trinajstić information content (AvgIpc) is 2.83. The van der Waals surface area contributed by atoms with E-state index in [4.69, 9.17) is 5.11 Å². The number of nitro benzene ring substituents is 1. The Balaban J connectivity index is 2.15. The number of rotatable bonds is 6. The third-order valence-corrected chi connectivity index (χ3v) is 4.17. The summed E-state index contributed by atoms with van der Waals surface area (Å²) in [6.45, 7) is 3.91. The molecule has 0 fully saturated rings. The van der Waals surface area contributed by atoms with Crippen molar-refractivity contribution in [3.05, 3.63) is 55.8 Å². The van der Waals surface area contributed by atoms with Gasteiger partial charge in [0.1, 0.15) is 5.69 Å². The summed E-state index contributed by atoms with van der Waals surface area (Å²) in [5.74, 6) is 0. The predicted octanol–water partition coefficient (Wildman–Crippen LogP) is 3.50. The van der Waals surface area contributed by atoms with Gasteiger partial charge in [0.05, 0.1) is 11.5 Å². The Hall–Kier alpha value is -1.92. The molecule has 1 atom stereocenters. The molecule has 0 aliphatic carbocycles. The zero-order valence-corrected chi connectivity index (χ0v) is 12.8. The normalized spacial score (nSPS) is 12.1. The summed E-state index contributed by atoms with van der Waals surface area (Å²) in [7, 11) is 0. The van der Waals surface area contributed by atoms with Gasteiger partial charge in [-0.3, -0.25) is 10.1 Å². The highest BCUT2D eigenvalue weighted by atomic mass is 32.1. The highest BCUT2D eigenvalue weighted by molar-refractivity contribution is 7.11. The number of aryl methyl sites for hydroxylation is 1. The first-order valence-electron chi connectivity index (χ1n) is 6.69. The van der Waals surface area contributed by atoms with Gasteiger partial charge in [0.2, 0.25) is 0 Å². The van der Waals surface area contributed by atoms with E-state index in [0.717, 1.165) is 6.42 Å². The van der Waals surface area contributed by atoms with Crippen LogP contribution in [-0.2, 0) is 13.0 Å². The van der Waals surface area contributed by atoms with Crippen LogP contribution in [0.2, 0.25) is 0 Å². The lowest BCUT2D eigenvalue weighted by Gasteiger charge is -2.15. The van der Waals surface area contributed by atoms with Crippen LogP contribution in [-0.4, -0.2) is 16.1 Å². The Morgan fingerprint density at radius 2 is 2.14 bits per heavy atom. The molecule has 0 spiro atoms. The summed E-state index contributed by atoms with van der Waals surface area (Å²) in [5, 5.41) is 23.4. The molecule has 0 aliphatic rings. The van der Waals surface area contributed by atoms with Crippen LogP contribution in [0.25, 0.3) is 0 Å². The summed E-state index contributed by atoms with van der Waals surface area (Å²) >= 11 is 1.73. The minimum absolute atomic E-state index is 0.0291. The molecular formula is C15H18N2O3S. The van der Waals surface area contributed by atoms with E-state index in [1.54, 1.807) is 23.5 Å². The Kier molecular flexibility index (Phi) is 4.93. The number of nitro groups is 1. The van der Waals surface area contributed by atoms with E-state index in [9.17, 15) is 10.1 Å². The Morgan fingerprint density at radius 3 is 2.71 bits per heavy atom. The number of nitrogens with zero attached hydrogens (tertiary/aromatic N) is 1. The van der Waals surface area contributed by atoms with Gasteiger partial charge in [0.25, 0.3) is 5.69 Å². The third kappa shape index (κ3) is 4.03. The van der Waals surface area contributed by atoms with Crippen LogP contribution in [0.4, 0.5) is 11.4 Å². The molecular weight excluding hydrogens is 288 g/mol. The predicted molar refractivity (Wildman–Crippen MR) is 84.9 cm³/mol. The lowest BCUT2D eigenvalue weighted by molar-refractivity contribution is -0.384. The van der Waals surface area contributed by atoms with Gasteiger partial charge in [0.15, 0.2) is 0 Å². The van der Waals surface area contributed by atoms with Gasteiger partial charge in [-0.25, -0.2) is 0 Å².